The Bertz CT molecular complexity index is 583. The first-order chi connectivity index (χ1) is 9.09. The largest absolute Gasteiger partial charge is 0.486 e. The topological polar surface area (TPSA) is 67.9 Å². The summed E-state index contributed by atoms with van der Waals surface area (Å²) in [6, 6.07) is 4.77. The highest BCUT2D eigenvalue weighted by atomic mass is 32.2. The highest BCUT2D eigenvalue weighted by Crippen LogP contribution is 2.33. The molecule has 1 saturated heterocycles. The third kappa shape index (κ3) is 2.18. The maximum Gasteiger partial charge on any atom is 0.243 e. The minimum atomic E-state index is -3.47. The van der Waals surface area contributed by atoms with Gasteiger partial charge in [0.15, 0.2) is 11.5 Å². The molecule has 2 heterocycles. The molecule has 1 aromatic carbocycles. The molecule has 0 atom stereocenters. The first-order valence-corrected chi connectivity index (χ1v) is 7.61. The van der Waals surface area contributed by atoms with Gasteiger partial charge in [0.1, 0.15) is 13.2 Å². The van der Waals surface area contributed by atoms with Gasteiger partial charge in [0.25, 0.3) is 0 Å². The summed E-state index contributed by atoms with van der Waals surface area (Å²) in [5.41, 5.74) is 0. The zero-order chi connectivity index (χ0) is 13.5. The van der Waals surface area contributed by atoms with Crippen molar-refractivity contribution < 1.29 is 17.9 Å². The lowest BCUT2D eigenvalue weighted by molar-refractivity contribution is 0.171. The molecule has 0 unspecified atom stereocenters. The van der Waals surface area contributed by atoms with Crippen molar-refractivity contribution >= 4 is 10.0 Å². The minimum absolute atomic E-state index is 0.0261. The third-order valence-electron chi connectivity index (χ3n) is 3.46. The number of rotatable bonds is 3. The van der Waals surface area contributed by atoms with Crippen molar-refractivity contribution in [2.75, 3.05) is 33.4 Å². The van der Waals surface area contributed by atoms with Crippen molar-refractivity contribution in [2.24, 2.45) is 0 Å². The molecule has 0 amide bonds. The van der Waals surface area contributed by atoms with Crippen LogP contribution in [0.4, 0.5) is 0 Å². The zero-order valence-corrected chi connectivity index (χ0v) is 11.4. The summed E-state index contributed by atoms with van der Waals surface area (Å²) in [5, 5.41) is 3.06. The number of hydrogen-bond acceptors (Lipinski definition) is 5. The molecule has 0 bridgehead atoms. The molecule has 1 aromatic rings. The van der Waals surface area contributed by atoms with Crippen LogP contribution in [0.15, 0.2) is 23.1 Å². The number of likely N-dealkylation sites (N-methyl/N-ethyl adjacent to an activating group) is 1. The fraction of sp³-hybridized carbons (Fsp3) is 0.500. The van der Waals surface area contributed by atoms with Gasteiger partial charge in [-0.25, -0.2) is 8.42 Å². The Labute approximate surface area is 112 Å². The van der Waals surface area contributed by atoms with Crippen LogP contribution >= 0.6 is 0 Å². The molecule has 6 nitrogen and oxygen atoms in total. The third-order valence-corrected chi connectivity index (χ3v) is 5.37. The van der Waals surface area contributed by atoms with Gasteiger partial charge < -0.3 is 14.8 Å². The molecule has 3 rings (SSSR count). The van der Waals surface area contributed by atoms with Crippen LogP contribution in [0.5, 0.6) is 11.5 Å². The fourth-order valence-corrected chi connectivity index (χ4v) is 3.45. The van der Waals surface area contributed by atoms with E-state index < -0.39 is 10.0 Å². The van der Waals surface area contributed by atoms with E-state index in [9.17, 15) is 8.42 Å². The Morgan fingerprint density at radius 1 is 1.21 bits per heavy atom. The van der Waals surface area contributed by atoms with E-state index in [-0.39, 0.29) is 10.9 Å². The smallest absolute Gasteiger partial charge is 0.243 e. The van der Waals surface area contributed by atoms with Gasteiger partial charge in [0.05, 0.1) is 4.90 Å². The Morgan fingerprint density at radius 3 is 2.53 bits per heavy atom. The highest BCUT2D eigenvalue weighted by molar-refractivity contribution is 7.89. The molecule has 0 aromatic heterocycles. The van der Waals surface area contributed by atoms with Crippen LogP contribution in [-0.4, -0.2) is 52.1 Å². The van der Waals surface area contributed by atoms with Crippen molar-refractivity contribution in [2.45, 2.75) is 10.9 Å². The maximum absolute atomic E-state index is 12.5. The molecule has 1 fully saturated rings. The number of hydrogen-bond donors (Lipinski definition) is 1. The van der Waals surface area contributed by atoms with Crippen LogP contribution in [0.1, 0.15) is 0 Å². The summed E-state index contributed by atoms with van der Waals surface area (Å²) in [7, 11) is -1.87. The Hall–Kier alpha value is -1.31. The molecule has 104 valence electrons. The molecular weight excluding hydrogens is 268 g/mol. The summed E-state index contributed by atoms with van der Waals surface area (Å²) in [6.45, 7) is 2.33. The monoisotopic (exact) mass is 284 g/mol. The molecule has 7 heteroatoms. The van der Waals surface area contributed by atoms with Crippen molar-refractivity contribution in [3.05, 3.63) is 18.2 Å². The molecule has 0 aliphatic carbocycles. The van der Waals surface area contributed by atoms with Crippen LogP contribution in [0.25, 0.3) is 0 Å². The molecular formula is C12H16N2O4S. The Morgan fingerprint density at radius 2 is 1.89 bits per heavy atom. The normalized spacial score (nSPS) is 19.3. The van der Waals surface area contributed by atoms with Crippen LogP contribution in [0, 0.1) is 0 Å². The zero-order valence-electron chi connectivity index (χ0n) is 10.6. The summed E-state index contributed by atoms with van der Waals surface area (Å²) in [5.74, 6) is 1.09. The van der Waals surface area contributed by atoms with Crippen LogP contribution in [0.3, 0.4) is 0 Å². The molecule has 2 aliphatic heterocycles. The summed E-state index contributed by atoms with van der Waals surface area (Å²) in [6.07, 6.45) is 0. The average Bonchev–Trinajstić information content (AvgIpc) is 2.36. The average molecular weight is 284 g/mol. The van der Waals surface area contributed by atoms with E-state index in [1.54, 1.807) is 19.2 Å². The van der Waals surface area contributed by atoms with E-state index in [0.29, 0.717) is 37.8 Å². The van der Waals surface area contributed by atoms with Crippen LogP contribution in [-0.2, 0) is 10.0 Å². The van der Waals surface area contributed by atoms with E-state index >= 15 is 0 Å². The molecule has 1 N–H and O–H groups in total. The Kier molecular flexibility index (Phi) is 3.12. The second-order valence-electron chi connectivity index (χ2n) is 4.64. The number of ether oxygens (including phenoxy) is 2. The summed E-state index contributed by atoms with van der Waals surface area (Å²) in [4.78, 5) is 0.242. The van der Waals surface area contributed by atoms with Gasteiger partial charge in [0.2, 0.25) is 10.0 Å². The number of nitrogens with zero attached hydrogens (tertiary/aromatic N) is 1. The van der Waals surface area contributed by atoms with Gasteiger partial charge in [-0.15, -0.1) is 0 Å². The lowest BCUT2D eigenvalue weighted by Gasteiger charge is -2.34. The number of benzene rings is 1. The molecule has 19 heavy (non-hydrogen) atoms. The molecule has 0 radical (unpaired) electrons. The highest BCUT2D eigenvalue weighted by Gasteiger charge is 2.32. The molecule has 0 saturated carbocycles. The predicted molar refractivity (Wildman–Crippen MR) is 69.0 cm³/mol. The second-order valence-corrected chi connectivity index (χ2v) is 6.64. The first-order valence-electron chi connectivity index (χ1n) is 6.17. The van der Waals surface area contributed by atoms with E-state index in [4.69, 9.17) is 9.47 Å². The van der Waals surface area contributed by atoms with Gasteiger partial charge in [-0.1, -0.05) is 0 Å². The molecule has 0 spiro atoms. The summed E-state index contributed by atoms with van der Waals surface area (Å²) >= 11 is 0. The standard InChI is InChI=1S/C12H16N2O4S/c1-14(9-7-13-8-9)19(15,16)10-2-3-11-12(6-10)18-5-4-17-11/h2-3,6,9,13H,4-5,7-8H2,1H3. The second kappa shape index (κ2) is 4.66. The van der Waals surface area contributed by atoms with Crippen molar-refractivity contribution in [3.8, 4) is 11.5 Å². The first kappa shape index (κ1) is 12.7. The van der Waals surface area contributed by atoms with Crippen molar-refractivity contribution in [1.82, 2.24) is 9.62 Å². The lowest BCUT2D eigenvalue weighted by atomic mass is 10.2. The van der Waals surface area contributed by atoms with Crippen LogP contribution in [0.2, 0.25) is 0 Å². The van der Waals surface area contributed by atoms with E-state index in [1.165, 1.54) is 10.4 Å². The number of sulfonamides is 1. The van der Waals surface area contributed by atoms with Gasteiger partial charge in [-0.3, -0.25) is 0 Å². The van der Waals surface area contributed by atoms with E-state index in [2.05, 4.69) is 5.32 Å². The lowest BCUT2D eigenvalue weighted by Crippen LogP contribution is -2.57. The van der Waals surface area contributed by atoms with E-state index in [1.807, 2.05) is 0 Å². The molecule has 2 aliphatic rings. The number of nitrogens with one attached hydrogen (secondary N) is 1. The Balaban J connectivity index is 1.92. The minimum Gasteiger partial charge on any atom is -0.486 e. The van der Waals surface area contributed by atoms with Gasteiger partial charge in [0, 0.05) is 32.2 Å². The van der Waals surface area contributed by atoms with Gasteiger partial charge >= 0.3 is 0 Å². The van der Waals surface area contributed by atoms with Crippen LogP contribution < -0.4 is 14.8 Å². The predicted octanol–water partition coefficient (Wildman–Crippen LogP) is 0.0501. The quantitative estimate of drug-likeness (QED) is 0.849. The van der Waals surface area contributed by atoms with Crippen molar-refractivity contribution in [1.29, 1.82) is 0 Å². The SMILES string of the molecule is CN(C1CNC1)S(=O)(=O)c1ccc2c(c1)OCCO2. The number of fused-ring (bicyclic) bond motifs is 1. The van der Waals surface area contributed by atoms with Gasteiger partial charge in [-0.05, 0) is 12.1 Å². The maximum atomic E-state index is 12.5. The fourth-order valence-electron chi connectivity index (χ4n) is 2.08. The van der Waals surface area contributed by atoms with Crippen molar-refractivity contribution in [3.63, 3.8) is 0 Å². The van der Waals surface area contributed by atoms with E-state index in [0.717, 1.165) is 0 Å². The summed E-state index contributed by atoms with van der Waals surface area (Å²) < 4.78 is 37.1. The van der Waals surface area contributed by atoms with Gasteiger partial charge in [-0.2, -0.15) is 4.31 Å².